The van der Waals surface area contributed by atoms with Crippen molar-refractivity contribution in [1.82, 2.24) is 4.90 Å². The highest BCUT2D eigenvalue weighted by Gasteiger charge is 2.05. The molecule has 0 aromatic heterocycles. The van der Waals surface area contributed by atoms with E-state index >= 15 is 0 Å². The number of nitrogens with zero attached hydrogens (tertiary/aromatic N) is 1. The Balaban J connectivity index is 2.36. The molecule has 126 valence electrons. The second kappa shape index (κ2) is 12.0. The van der Waals surface area contributed by atoms with Gasteiger partial charge in [-0.25, -0.2) is 0 Å². The number of anilines is 1. The number of hydrogen-bond donors (Lipinski definition) is 1. The maximum atomic E-state index is 6.03. The van der Waals surface area contributed by atoms with Gasteiger partial charge in [-0.3, -0.25) is 0 Å². The van der Waals surface area contributed by atoms with Gasteiger partial charge in [-0.1, -0.05) is 62.7 Å². The molecule has 0 aliphatic heterocycles. The number of unbranched alkanes of at least 4 members (excludes halogenated alkanes) is 4. The fraction of sp³-hybridized carbons (Fsp3) is 0.667. The highest BCUT2D eigenvalue weighted by molar-refractivity contribution is 6.35. The smallest absolute Gasteiger partial charge is 0.0441 e. The van der Waals surface area contributed by atoms with E-state index in [0.29, 0.717) is 10.0 Å². The molecule has 0 spiro atoms. The minimum atomic E-state index is 0.678. The van der Waals surface area contributed by atoms with Crippen LogP contribution in [0.1, 0.15) is 52.4 Å². The van der Waals surface area contributed by atoms with Crippen LogP contribution >= 0.6 is 23.2 Å². The Hall–Kier alpha value is -0.440. The Morgan fingerprint density at radius 2 is 1.36 bits per heavy atom. The molecule has 1 rings (SSSR count). The lowest BCUT2D eigenvalue weighted by molar-refractivity contribution is 0.271. The quantitative estimate of drug-likeness (QED) is 0.461. The standard InChI is InChI=1S/C18H30Cl2N2/c1-3-5-7-10-22(11-8-6-4-2)12-9-21-18-14-16(19)13-17(20)15-18/h13-15,21H,3-12H2,1-2H3. The number of nitrogens with one attached hydrogen (secondary N) is 1. The molecule has 4 heteroatoms. The van der Waals surface area contributed by atoms with Crippen molar-refractivity contribution in [2.45, 2.75) is 52.4 Å². The van der Waals surface area contributed by atoms with Crippen LogP contribution in [-0.2, 0) is 0 Å². The average Bonchev–Trinajstić information content (AvgIpc) is 2.46. The van der Waals surface area contributed by atoms with Crippen LogP contribution in [0.25, 0.3) is 0 Å². The molecule has 0 amide bonds. The molecule has 0 heterocycles. The fourth-order valence-electron chi connectivity index (χ4n) is 2.52. The predicted octanol–water partition coefficient (Wildman–Crippen LogP) is 6.09. The number of rotatable bonds is 12. The first-order valence-corrected chi connectivity index (χ1v) is 9.33. The summed E-state index contributed by atoms with van der Waals surface area (Å²) in [5.74, 6) is 0. The molecule has 0 bridgehead atoms. The third-order valence-electron chi connectivity index (χ3n) is 3.78. The van der Waals surface area contributed by atoms with Crippen molar-refractivity contribution >= 4 is 28.9 Å². The van der Waals surface area contributed by atoms with E-state index in [0.717, 1.165) is 18.8 Å². The van der Waals surface area contributed by atoms with Crippen LogP contribution in [0.3, 0.4) is 0 Å². The molecule has 0 saturated heterocycles. The van der Waals surface area contributed by atoms with Crippen LogP contribution in [0.2, 0.25) is 10.0 Å². The molecule has 0 unspecified atom stereocenters. The average molecular weight is 345 g/mol. The summed E-state index contributed by atoms with van der Waals surface area (Å²) >= 11 is 12.1. The van der Waals surface area contributed by atoms with E-state index in [9.17, 15) is 0 Å². The van der Waals surface area contributed by atoms with Crippen molar-refractivity contribution in [3.8, 4) is 0 Å². The molecule has 0 radical (unpaired) electrons. The summed E-state index contributed by atoms with van der Waals surface area (Å²) in [4.78, 5) is 2.57. The van der Waals surface area contributed by atoms with Crippen LogP contribution in [0.4, 0.5) is 5.69 Å². The second-order valence-corrected chi connectivity index (χ2v) is 6.71. The van der Waals surface area contributed by atoms with Gasteiger partial charge >= 0.3 is 0 Å². The largest absolute Gasteiger partial charge is 0.384 e. The molecule has 0 atom stereocenters. The number of benzene rings is 1. The lowest BCUT2D eigenvalue weighted by Gasteiger charge is -2.22. The van der Waals surface area contributed by atoms with Crippen molar-refractivity contribution in [3.05, 3.63) is 28.2 Å². The molecule has 0 saturated carbocycles. The summed E-state index contributed by atoms with van der Waals surface area (Å²) < 4.78 is 0. The fourth-order valence-corrected chi connectivity index (χ4v) is 3.05. The van der Waals surface area contributed by atoms with E-state index in [1.807, 2.05) is 12.1 Å². The molecule has 22 heavy (non-hydrogen) atoms. The summed E-state index contributed by atoms with van der Waals surface area (Å²) in [6, 6.07) is 5.61. The van der Waals surface area contributed by atoms with Crippen LogP contribution in [0.5, 0.6) is 0 Å². The Kier molecular flexibility index (Phi) is 10.7. The van der Waals surface area contributed by atoms with Gasteiger partial charge in [-0.2, -0.15) is 0 Å². The lowest BCUT2D eigenvalue weighted by Crippen LogP contribution is -2.31. The summed E-state index contributed by atoms with van der Waals surface area (Å²) in [6.45, 7) is 8.91. The van der Waals surface area contributed by atoms with Gasteiger partial charge in [0.25, 0.3) is 0 Å². The van der Waals surface area contributed by atoms with Crippen molar-refractivity contribution in [2.24, 2.45) is 0 Å². The second-order valence-electron chi connectivity index (χ2n) is 5.84. The van der Waals surface area contributed by atoms with Crippen LogP contribution in [0.15, 0.2) is 18.2 Å². The maximum absolute atomic E-state index is 6.03. The van der Waals surface area contributed by atoms with Crippen LogP contribution < -0.4 is 5.32 Å². The Morgan fingerprint density at radius 3 is 1.86 bits per heavy atom. The summed E-state index contributed by atoms with van der Waals surface area (Å²) in [7, 11) is 0. The van der Waals surface area contributed by atoms with Crippen molar-refractivity contribution < 1.29 is 0 Å². The van der Waals surface area contributed by atoms with E-state index < -0.39 is 0 Å². The number of halogens is 2. The maximum Gasteiger partial charge on any atom is 0.0441 e. The van der Waals surface area contributed by atoms with Gasteiger partial charge in [-0.15, -0.1) is 0 Å². The van der Waals surface area contributed by atoms with Gasteiger partial charge in [0.15, 0.2) is 0 Å². The van der Waals surface area contributed by atoms with Gasteiger partial charge in [-0.05, 0) is 44.1 Å². The van der Waals surface area contributed by atoms with Crippen LogP contribution in [0, 0.1) is 0 Å². The minimum Gasteiger partial charge on any atom is -0.384 e. The third-order valence-corrected chi connectivity index (χ3v) is 4.21. The van der Waals surface area contributed by atoms with E-state index in [1.165, 1.54) is 51.6 Å². The zero-order valence-electron chi connectivity index (χ0n) is 14.0. The lowest BCUT2D eigenvalue weighted by atomic mass is 10.2. The highest BCUT2D eigenvalue weighted by atomic mass is 35.5. The number of hydrogen-bond acceptors (Lipinski definition) is 2. The van der Waals surface area contributed by atoms with Crippen LogP contribution in [-0.4, -0.2) is 31.1 Å². The van der Waals surface area contributed by atoms with E-state index in [1.54, 1.807) is 6.07 Å². The van der Waals surface area contributed by atoms with Crippen molar-refractivity contribution in [1.29, 1.82) is 0 Å². The summed E-state index contributed by atoms with van der Waals surface area (Å²) in [6.07, 6.45) is 7.80. The van der Waals surface area contributed by atoms with Gasteiger partial charge in [0, 0.05) is 28.8 Å². The SMILES string of the molecule is CCCCCN(CCCCC)CCNc1cc(Cl)cc(Cl)c1. The first-order valence-electron chi connectivity index (χ1n) is 8.58. The first-order chi connectivity index (χ1) is 10.7. The first kappa shape index (κ1) is 19.6. The van der Waals surface area contributed by atoms with Crippen molar-refractivity contribution in [3.63, 3.8) is 0 Å². The monoisotopic (exact) mass is 344 g/mol. The van der Waals surface area contributed by atoms with Gasteiger partial charge < -0.3 is 10.2 Å². The van der Waals surface area contributed by atoms with E-state index in [2.05, 4.69) is 24.1 Å². The molecule has 1 aromatic rings. The molecule has 1 N–H and O–H groups in total. The zero-order chi connectivity index (χ0) is 16.2. The highest BCUT2D eigenvalue weighted by Crippen LogP contribution is 2.22. The molecule has 1 aromatic carbocycles. The van der Waals surface area contributed by atoms with Gasteiger partial charge in [0.1, 0.15) is 0 Å². The Labute approximate surface area is 146 Å². The molecular formula is C18H30Cl2N2. The van der Waals surface area contributed by atoms with E-state index in [4.69, 9.17) is 23.2 Å². The summed E-state index contributed by atoms with van der Waals surface area (Å²) in [5, 5.41) is 4.78. The minimum absolute atomic E-state index is 0.678. The molecule has 0 aliphatic rings. The molecule has 2 nitrogen and oxygen atoms in total. The molecule has 0 fully saturated rings. The topological polar surface area (TPSA) is 15.3 Å². The van der Waals surface area contributed by atoms with E-state index in [-0.39, 0.29) is 0 Å². The molecule has 0 aliphatic carbocycles. The van der Waals surface area contributed by atoms with Gasteiger partial charge in [0.2, 0.25) is 0 Å². The zero-order valence-corrected chi connectivity index (χ0v) is 15.5. The Morgan fingerprint density at radius 1 is 0.818 bits per heavy atom. The van der Waals surface area contributed by atoms with Gasteiger partial charge in [0.05, 0.1) is 0 Å². The Bertz CT molecular complexity index is 380. The normalized spacial score (nSPS) is 11.1. The van der Waals surface area contributed by atoms with Crippen molar-refractivity contribution in [2.75, 3.05) is 31.5 Å². The molecular weight excluding hydrogens is 315 g/mol. The summed E-state index contributed by atoms with van der Waals surface area (Å²) in [5.41, 5.74) is 1.000. The predicted molar refractivity (Wildman–Crippen MR) is 100 cm³/mol. The third kappa shape index (κ3) is 8.87.